The first-order valence-electron chi connectivity index (χ1n) is 6.19. The van der Waals surface area contributed by atoms with Crippen LogP contribution in [0.2, 0.25) is 0 Å². The summed E-state index contributed by atoms with van der Waals surface area (Å²) in [6.07, 6.45) is -1.04. The van der Waals surface area contributed by atoms with Crippen LogP contribution in [-0.4, -0.2) is 12.2 Å². The second kappa shape index (κ2) is 5.23. The van der Waals surface area contributed by atoms with Gasteiger partial charge in [-0.05, 0) is 29.0 Å². The van der Waals surface area contributed by atoms with Crippen LogP contribution in [0.5, 0.6) is 5.75 Å². The lowest BCUT2D eigenvalue weighted by atomic mass is 9.99. The summed E-state index contributed by atoms with van der Waals surface area (Å²) in [6, 6.07) is 12.3. The molecule has 1 unspecified atom stereocenters. The van der Waals surface area contributed by atoms with Crippen LogP contribution in [0.15, 0.2) is 47.8 Å². The highest BCUT2D eigenvalue weighted by molar-refractivity contribution is 7.17. The Balaban J connectivity index is 2.16. The largest absolute Gasteiger partial charge is 0.496 e. The summed E-state index contributed by atoms with van der Waals surface area (Å²) < 4.78 is 20.3. The molecule has 0 spiro atoms. The van der Waals surface area contributed by atoms with Crippen molar-refractivity contribution in [3.8, 4) is 5.75 Å². The van der Waals surface area contributed by atoms with Gasteiger partial charge in [0, 0.05) is 10.3 Å². The number of hydrogen-bond donors (Lipinski definition) is 1. The van der Waals surface area contributed by atoms with E-state index in [0.717, 1.165) is 10.1 Å². The van der Waals surface area contributed by atoms with Crippen LogP contribution >= 0.6 is 11.3 Å². The molecule has 0 aliphatic rings. The van der Waals surface area contributed by atoms with Crippen molar-refractivity contribution in [1.29, 1.82) is 0 Å². The molecule has 1 heterocycles. The second-order valence-corrected chi connectivity index (χ2v) is 5.36. The zero-order valence-corrected chi connectivity index (χ0v) is 11.7. The minimum Gasteiger partial charge on any atom is -0.496 e. The molecule has 0 amide bonds. The van der Waals surface area contributed by atoms with Gasteiger partial charge in [-0.1, -0.05) is 24.3 Å². The second-order valence-electron chi connectivity index (χ2n) is 4.45. The molecule has 1 atom stereocenters. The molecule has 2 nitrogen and oxygen atoms in total. The lowest BCUT2D eigenvalue weighted by molar-refractivity contribution is 0.211. The topological polar surface area (TPSA) is 29.5 Å². The number of halogens is 1. The Labute approximate surface area is 120 Å². The van der Waals surface area contributed by atoms with Crippen LogP contribution in [0.3, 0.4) is 0 Å². The van der Waals surface area contributed by atoms with Gasteiger partial charge < -0.3 is 9.84 Å². The van der Waals surface area contributed by atoms with Gasteiger partial charge in [0.15, 0.2) is 0 Å². The number of aliphatic hydroxyl groups is 1. The first kappa shape index (κ1) is 13.1. The number of rotatable bonds is 3. The molecule has 2 aromatic carbocycles. The minimum atomic E-state index is -1.04. The van der Waals surface area contributed by atoms with E-state index < -0.39 is 11.9 Å². The number of hydrogen-bond acceptors (Lipinski definition) is 3. The van der Waals surface area contributed by atoms with E-state index in [1.807, 2.05) is 29.6 Å². The first-order chi connectivity index (χ1) is 9.72. The standard InChI is InChI=1S/C16H13FO2S/c1-19-13-7-4-6-12(17)15(13)16(18)11-9-20-14-8-3-2-5-10(11)14/h2-9,16,18H,1H3. The molecule has 0 aliphatic carbocycles. The van der Waals surface area contributed by atoms with Crippen molar-refractivity contribution in [3.63, 3.8) is 0 Å². The van der Waals surface area contributed by atoms with Crippen LogP contribution < -0.4 is 4.74 Å². The van der Waals surface area contributed by atoms with Gasteiger partial charge in [0.2, 0.25) is 0 Å². The van der Waals surface area contributed by atoms with E-state index in [9.17, 15) is 9.50 Å². The summed E-state index contributed by atoms with van der Waals surface area (Å²) in [5.41, 5.74) is 0.882. The van der Waals surface area contributed by atoms with E-state index in [0.29, 0.717) is 11.3 Å². The highest BCUT2D eigenvalue weighted by Crippen LogP contribution is 2.37. The van der Waals surface area contributed by atoms with Gasteiger partial charge in [-0.15, -0.1) is 11.3 Å². The van der Waals surface area contributed by atoms with Crippen molar-refractivity contribution in [1.82, 2.24) is 0 Å². The van der Waals surface area contributed by atoms with Crippen LogP contribution in [0, 0.1) is 5.82 Å². The first-order valence-corrected chi connectivity index (χ1v) is 7.07. The smallest absolute Gasteiger partial charge is 0.133 e. The number of fused-ring (bicyclic) bond motifs is 1. The van der Waals surface area contributed by atoms with Crippen molar-refractivity contribution < 1.29 is 14.2 Å². The van der Waals surface area contributed by atoms with Gasteiger partial charge in [-0.2, -0.15) is 0 Å². The summed E-state index contributed by atoms with van der Waals surface area (Å²) in [5, 5.41) is 13.4. The Bertz CT molecular complexity index is 751. The third kappa shape index (κ3) is 2.07. The monoisotopic (exact) mass is 288 g/mol. The Kier molecular flexibility index (Phi) is 3.42. The molecule has 0 fully saturated rings. The summed E-state index contributed by atoms with van der Waals surface area (Å²) >= 11 is 1.53. The summed E-state index contributed by atoms with van der Waals surface area (Å²) in [6.45, 7) is 0. The third-order valence-corrected chi connectivity index (χ3v) is 4.29. The highest BCUT2D eigenvalue weighted by Gasteiger charge is 2.22. The molecule has 3 aromatic rings. The molecule has 0 saturated heterocycles. The Morgan fingerprint density at radius 3 is 2.75 bits per heavy atom. The van der Waals surface area contributed by atoms with Gasteiger partial charge in [-0.25, -0.2) is 4.39 Å². The van der Waals surface area contributed by atoms with Gasteiger partial charge >= 0.3 is 0 Å². The maximum Gasteiger partial charge on any atom is 0.133 e. The fourth-order valence-electron chi connectivity index (χ4n) is 2.33. The van der Waals surface area contributed by atoms with Crippen LogP contribution in [0.4, 0.5) is 4.39 Å². The molecule has 0 aliphatic heterocycles. The quantitative estimate of drug-likeness (QED) is 0.785. The summed E-state index contributed by atoms with van der Waals surface area (Å²) in [7, 11) is 1.47. The number of benzene rings is 2. The molecule has 0 radical (unpaired) electrons. The molecule has 4 heteroatoms. The van der Waals surface area contributed by atoms with E-state index in [1.54, 1.807) is 12.1 Å². The van der Waals surface area contributed by atoms with Crippen LogP contribution in [0.1, 0.15) is 17.2 Å². The van der Waals surface area contributed by atoms with E-state index in [-0.39, 0.29) is 5.56 Å². The fraction of sp³-hybridized carbons (Fsp3) is 0.125. The van der Waals surface area contributed by atoms with Crippen molar-refractivity contribution in [2.75, 3.05) is 7.11 Å². The maximum atomic E-state index is 14.0. The highest BCUT2D eigenvalue weighted by atomic mass is 32.1. The predicted molar refractivity (Wildman–Crippen MR) is 78.8 cm³/mol. The number of ether oxygens (including phenoxy) is 1. The molecule has 1 aromatic heterocycles. The normalized spacial score (nSPS) is 12.6. The van der Waals surface area contributed by atoms with E-state index in [4.69, 9.17) is 4.74 Å². The molecule has 0 saturated carbocycles. The van der Waals surface area contributed by atoms with Crippen LogP contribution in [-0.2, 0) is 0 Å². The molecule has 3 rings (SSSR count). The Hall–Kier alpha value is -1.91. The molecule has 0 bridgehead atoms. The average Bonchev–Trinajstić information content (AvgIpc) is 2.90. The van der Waals surface area contributed by atoms with Crippen molar-refractivity contribution in [2.24, 2.45) is 0 Å². The lowest BCUT2D eigenvalue weighted by Gasteiger charge is -2.15. The molecule has 20 heavy (non-hydrogen) atoms. The van der Waals surface area contributed by atoms with Crippen molar-refractivity contribution >= 4 is 21.4 Å². The Morgan fingerprint density at radius 2 is 1.95 bits per heavy atom. The van der Waals surface area contributed by atoms with Crippen molar-refractivity contribution in [3.05, 3.63) is 64.8 Å². The predicted octanol–water partition coefficient (Wildman–Crippen LogP) is 4.13. The third-order valence-electron chi connectivity index (χ3n) is 3.31. The zero-order valence-electron chi connectivity index (χ0n) is 10.8. The fourth-order valence-corrected chi connectivity index (χ4v) is 3.31. The zero-order chi connectivity index (χ0) is 14.1. The Morgan fingerprint density at radius 1 is 1.15 bits per heavy atom. The van der Waals surface area contributed by atoms with Gasteiger partial charge in [0.25, 0.3) is 0 Å². The van der Waals surface area contributed by atoms with Gasteiger partial charge in [0.1, 0.15) is 17.7 Å². The van der Waals surface area contributed by atoms with E-state index >= 15 is 0 Å². The average molecular weight is 288 g/mol. The van der Waals surface area contributed by atoms with Crippen LogP contribution in [0.25, 0.3) is 10.1 Å². The molecule has 102 valence electrons. The molecule has 1 N–H and O–H groups in total. The molecular weight excluding hydrogens is 275 g/mol. The van der Waals surface area contributed by atoms with E-state index in [2.05, 4.69) is 0 Å². The molecular formula is C16H13FO2S. The van der Waals surface area contributed by atoms with E-state index in [1.165, 1.54) is 24.5 Å². The maximum absolute atomic E-state index is 14.0. The summed E-state index contributed by atoms with van der Waals surface area (Å²) in [5.74, 6) is -0.111. The lowest BCUT2D eigenvalue weighted by Crippen LogP contribution is -2.04. The van der Waals surface area contributed by atoms with Gasteiger partial charge in [-0.3, -0.25) is 0 Å². The minimum absolute atomic E-state index is 0.179. The van der Waals surface area contributed by atoms with Gasteiger partial charge in [0.05, 0.1) is 12.7 Å². The number of methoxy groups -OCH3 is 1. The number of thiophene rings is 1. The summed E-state index contributed by atoms with van der Waals surface area (Å²) in [4.78, 5) is 0. The van der Waals surface area contributed by atoms with Crippen molar-refractivity contribution in [2.45, 2.75) is 6.10 Å². The SMILES string of the molecule is COc1cccc(F)c1C(O)c1csc2ccccc12. The number of aliphatic hydroxyl groups excluding tert-OH is 1.